The van der Waals surface area contributed by atoms with Crippen LogP contribution in [0.15, 0.2) is 12.1 Å². The van der Waals surface area contributed by atoms with Gasteiger partial charge in [-0.2, -0.15) is 5.26 Å². The highest BCUT2D eigenvalue weighted by Gasteiger charge is 2.07. The summed E-state index contributed by atoms with van der Waals surface area (Å²) in [7, 11) is 0. The van der Waals surface area contributed by atoms with Crippen molar-refractivity contribution in [3.63, 3.8) is 0 Å². The molecule has 0 spiro atoms. The number of halogens is 2. The zero-order valence-electron chi connectivity index (χ0n) is 5.86. The summed E-state index contributed by atoms with van der Waals surface area (Å²) in [6, 6.07) is 4.61. The summed E-state index contributed by atoms with van der Waals surface area (Å²) in [5.41, 5.74) is 0.908. The Kier molecular flexibility index (Phi) is 2.11. The lowest BCUT2D eigenvalue weighted by Gasteiger charge is -1.99. The Bertz CT molecular complexity index is 328. The van der Waals surface area contributed by atoms with Crippen LogP contribution in [0.4, 0.5) is 4.39 Å². The maximum atomic E-state index is 12.7. The zero-order chi connectivity index (χ0) is 8.43. The monoisotopic (exact) mass is 169 g/mol. The molecule has 0 unspecified atom stereocenters. The van der Waals surface area contributed by atoms with E-state index in [2.05, 4.69) is 0 Å². The number of benzene rings is 1. The highest BCUT2D eigenvalue weighted by Crippen LogP contribution is 2.21. The van der Waals surface area contributed by atoms with Crippen LogP contribution in [-0.2, 0) is 0 Å². The average Bonchev–Trinajstić information content (AvgIpc) is 1.99. The minimum Gasteiger partial charge on any atom is -0.205 e. The van der Waals surface area contributed by atoms with Crippen LogP contribution >= 0.6 is 11.6 Å². The van der Waals surface area contributed by atoms with Gasteiger partial charge in [-0.25, -0.2) is 4.39 Å². The molecular formula is C8H5ClFN. The normalized spacial score (nSPS) is 9.27. The van der Waals surface area contributed by atoms with Gasteiger partial charge >= 0.3 is 0 Å². The number of rotatable bonds is 0. The fourth-order valence-electron chi connectivity index (χ4n) is 0.784. The fourth-order valence-corrected chi connectivity index (χ4v) is 1.04. The standard InChI is InChI=1S/C8H5ClFN/c1-5-2-3-7(10)8(9)6(5)4-11/h2-3H,1H3. The molecule has 0 amide bonds. The molecule has 1 rings (SSSR count). The predicted molar refractivity (Wildman–Crippen MR) is 40.9 cm³/mol. The molecule has 56 valence electrons. The van der Waals surface area contributed by atoms with Gasteiger partial charge in [0.25, 0.3) is 0 Å². The number of aryl methyl sites for hydroxylation is 1. The van der Waals surface area contributed by atoms with Gasteiger partial charge in [-0.15, -0.1) is 0 Å². The molecule has 11 heavy (non-hydrogen) atoms. The number of nitriles is 1. The summed E-state index contributed by atoms with van der Waals surface area (Å²) >= 11 is 5.50. The van der Waals surface area contributed by atoms with E-state index in [0.717, 1.165) is 0 Å². The van der Waals surface area contributed by atoms with Crippen LogP contribution in [0.1, 0.15) is 11.1 Å². The average molecular weight is 170 g/mol. The summed E-state index contributed by atoms with van der Waals surface area (Å²) < 4.78 is 12.7. The van der Waals surface area contributed by atoms with Crippen LogP contribution in [0.25, 0.3) is 0 Å². The van der Waals surface area contributed by atoms with Gasteiger partial charge in [-0.3, -0.25) is 0 Å². The van der Waals surface area contributed by atoms with Gasteiger partial charge in [0.05, 0.1) is 10.6 Å². The van der Waals surface area contributed by atoms with E-state index < -0.39 is 5.82 Å². The molecule has 0 saturated carbocycles. The molecule has 0 heterocycles. The van der Waals surface area contributed by atoms with Crippen molar-refractivity contribution < 1.29 is 4.39 Å². The Hall–Kier alpha value is -1.07. The number of nitrogens with zero attached hydrogens (tertiary/aromatic N) is 1. The topological polar surface area (TPSA) is 23.8 Å². The van der Waals surface area contributed by atoms with Crippen LogP contribution in [0.5, 0.6) is 0 Å². The van der Waals surface area contributed by atoms with E-state index in [1.54, 1.807) is 6.92 Å². The number of hydrogen-bond acceptors (Lipinski definition) is 1. The van der Waals surface area contributed by atoms with Gasteiger partial charge in [-0.1, -0.05) is 17.7 Å². The van der Waals surface area contributed by atoms with Gasteiger partial charge in [0, 0.05) is 0 Å². The van der Waals surface area contributed by atoms with Crippen LogP contribution in [0.2, 0.25) is 5.02 Å². The van der Waals surface area contributed by atoms with E-state index in [-0.39, 0.29) is 10.6 Å². The van der Waals surface area contributed by atoms with Crippen molar-refractivity contribution in [2.45, 2.75) is 6.92 Å². The molecule has 0 N–H and O–H groups in total. The Morgan fingerprint density at radius 1 is 1.55 bits per heavy atom. The summed E-state index contributed by atoms with van der Waals surface area (Å²) in [6.45, 7) is 1.71. The zero-order valence-corrected chi connectivity index (χ0v) is 6.61. The lowest BCUT2D eigenvalue weighted by Crippen LogP contribution is -1.86. The van der Waals surface area contributed by atoms with E-state index in [4.69, 9.17) is 16.9 Å². The first-order valence-corrected chi connectivity index (χ1v) is 3.39. The molecule has 0 aliphatic carbocycles. The first kappa shape index (κ1) is 8.03. The van der Waals surface area contributed by atoms with Crippen molar-refractivity contribution in [1.82, 2.24) is 0 Å². The minimum atomic E-state index is -0.547. The van der Waals surface area contributed by atoms with Gasteiger partial charge in [0.15, 0.2) is 0 Å². The van der Waals surface area contributed by atoms with Crippen molar-refractivity contribution >= 4 is 11.6 Å². The maximum absolute atomic E-state index is 12.7. The smallest absolute Gasteiger partial charge is 0.143 e. The largest absolute Gasteiger partial charge is 0.205 e. The van der Waals surface area contributed by atoms with Gasteiger partial charge in [0.1, 0.15) is 11.9 Å². The molecule has 0 aromatic heterocycles. The van der Waals surface area contributed by atoms with Crippen LogP contribution in [0.3, 0.4) is 0 Å². The van der Waals surface area contributed by atoms with Gasteiger partial charge in [-0.05, 0) is 18.6 Å². The second kappa shape index (κ2) is 2.89. The molecule has 0 aliphatic heterocycles. The highest BCUT2D eigenvalue weighted by atomic mass is 35.5. The molecule has 1 aromatic rings. The molecule has 0 atom stereocenters. The molecule has 3 heteroatoms. The Morgan fingerprint density at radius 3 is 2.64 bits per heavy atom. The van der Waals surface area contributed by atoms with E-state index in [0.29, 0.717) is 5.56 Å². The summed E-state index contributed by atoms with van der Waals surface area (Å²) in [4.78, 5) is 0. The quantitative estimate of drug-likeness (QED) is 0.586. The van der Waals surface area contributed by atoms with E-state index in [1.165, 1.54) is 12.1 Å². The second-order valence-corrected chi connectivity index (χ2v) is 2.54. The minimum absolute atomic E-state index is 0.0903. The molecular weight excluding hydrogens is 165 g/mol. The molecule has 1 nitrogen and oxygen atoms in total. The Balaban J connectivity index is 3.44. The lowest BCUT2D eigenvalue weighted by molar-refractivity contribution is 0.627. The van der Waals surface area contributed by atoms with Crippen LogP contribution in [0, 0.1) is 24.1 Å². The van der Waals surface area contributed by atoms with Crippen molar-refractivity contribution in [2.24, 2.45) is 0 Å². The predicted octanol–water partition coefficient (Wildman–Crippen LogP) is 2.66. The highest BCUT2D eigenvalue weighted by molar-refractivity contribution is 6.32. The third-order valence-corrected chi connectivity index (χ3v) is 1.78. The van der Waals surface area contributed by atoms with Crippen molar-refractivity contribution in [3.05, 3.63) is 34.1 Å². The molecule has 0 aliphatic rings. The summed E-state index contributed by atoms with van der Waals surface area (Å²) in [5.74, 6) is -0.547. The van der Waals surface area contributed by atoms with E-state index >= 15 is 0 Å². The molecule has 1 aromatic carbocycles. The van der Waals surface area contributed by atoms with E-state index in [1.807, 2.05) is 6.07 Å². The van der Waals surface area contributed by atoms with Crippen LogP contribution in [-0.4, -0.2) is 0 Å². The second-order valence-electron chi connectivity index (χ2n) is 2.17. The van der Waals surface area contributed by atoms with E-state index in [9.17, 15) is 4.39 Å². The number of hydrogen-bond donors (Lipinski definition) is 0. The van der Waals surface area contributed by atoms with Gasteiger partial charge < -0.3 is 0 Å². The molecule has 0 fully saturated rings. The third kappa shape index (κ3) is 1.33. The summed E-state index contributed by atoms with van der Waals surface area (Å²) in [5, 5.41) is 8.43. The molecule has 0 saturated heterocycles. The molecule has 0 bridgehead atoms. The summed E-state index contributed by atoms with van der Waals surface area (Å²) in [6.07, 6.45) is 0. The van der Waals surface area contributed by atoms with Crippen molar-refractivity contribution in [3.8, 4) is 6.07 Å². The van der Waals surface area contributed by atoms with Crippen molar-refractivity contribution in [1.29, 1.82) is 5.26 Å². The SMILES string of the molecule is Cc1ccc(F)c(Cl)c1C#N. The molecule has 0 radical (unpaired) electrons. The first-order chi connectivity index (χ1) is 5.16. The first-order valence-electron chi connectivity index (χ1n) is 3.01. The maximum Gasteiger partial charge on any atom is 0.143 e. The van der Waals surface area contributed by atoms with Crippen LogP contribution < -0.4 is 0 Å². The van der Waals surface area contributed by atoms with Crippen molar-refractivity contribution in [2.75, 3.05) is 0 Å². The fraction of sp³-hybridized carbons (Fsp3) is 0.125. The Labute approximate surface area is 69.0 Å². The lowest BCUT2D eigenvalue weighted by atomic mass is 10.1. The Morgan fingerprint density at radius 2 is 2.18 bits per heavy atom. The van der Waals surface area contributed by atoms with Gasteiger partial charge in [0.2, 0.25) is 0 Å². The third-order valence-electron chi connectivity index (χ3n) is 1.41.